The summed E-state index contributed by atoms with van der Waals surface area (Å²) >= 11 is 1.61. The number of hydrogen-bond donors (Lipinski definition) is 0. The molecule has 0 amide bonds. The largest absolute Gasteiger partial charge is 0.750 e. The molecule has 4 nitrogen and oxygen atoms in total. The summed E-state index contributed by atoms with van der Waals surface area (Å²) in [6.07, 6.45) is 1.99. The smallest absolute Gasteiger partial charge is 0.312 e. The maximum absolute atomic E-state index is 12.3. The van der Waals surface area contributed by atoms with Crippen molar-refractivity contribution >= 4 is 30.7 Å². The second-order valence-electron chi connectivity index (χ2n) is 5.59. The van der Waals surface area contributed by atoms with Crippen LogP contribution in [-0.2, 0) is 13.6 Å². The van der Waals surface area contributed by atoms with Crippen LogP contribution in [0, 0.1) is 0 Å². The molecular formula is C20H17NO3PS+. The lowest BCUT2D eigenvalue weighted by atomic mass is 10.2. The number of fused-ring (bicyclic) bond motifs is 3. The Labute approximate surface area is 157 Å². The van der Waals surface area contributed by atoms with Gasteiger partial charge in [-0.25, -0.2) is 4.52 Å². The van der Waals surface area contributed by atoms with Crippen molar-refractivity contribution < 1.29 is 13.6 Å². The summed E-state index contributed by atoms with van der Waals surface area (Å²) < 4.78 is 25.3. The van der Waals surface area contributed by atoms with E-state index in [2.05, 4.69) is 16.7 Å². The van der Waals surface area contributed by atoms with Crippen molar-refractivity contribution in [1.29, 1.82) is 0 Å². The van der Waals surface area contributed by atoms with Crippen LogP contribution in [-0.4, -0.2) is 11.2 Å². The van der Waals surface area contributed by atoms with E-state index in [0.29, 0.717) is 12.4 Å². The molecule has 1 aliphatic heterocycles. The Morgan fingerprint density at radius 2 is 1.77 bits per heavy atom. The quantitative estimate of drug-likeness (QED) is 0.499. The Morgan fingerprint density at radius 1 is 1.00 bits per heavy atom. The molecule has 2 heterocycles. The first-order valence-electron chi connectivity index (χ1n) is 8.30. The molecule has 1 aromatic heterocycles. The minimum atomic E-state index is -2.25. The summed E-state index contributed by atoms with van der Waals surface area (Å²) in [6, 6.07) is 22.1. The van der Waals surface area contributed by atoms with Crippen molar-refractivity contribution in [1.82, 2.24) is 4.57 Å². The zero-order valence-corrected chi connectivity index (χ0v) is 15.9. The van der Waals surface area contributed by atoms with Gasteiger partial charge in [0.15, 0.2) is 0 Å². The number of benzene rings is 2. The maximum Gasteiger partial charge on any atom is 0.750 e. The standard InChI is InChI=1S/C20H17NO3PS/c1-2-23-25(22)24-19-17-12-8-14-21(17)16-11-6-7-13-18(16)26-20(19)15-9-4-3-5-10-15/h3-14H,2H2,1H3/q+1. The molecule has 26 heavy (non-hydrogen) atoms. The average Bonchev–Trinajstić information content (AvgIpc) is 3.11. The van der Waals surface area contributed by atoms with Crippen LogP contribution in [0.15, 0.2) is 77.8 Å². The van der Waals surface area contributed by atoms with Gasteiger partial charge in [-0.2, -0.15) is 0 Å². The molecule has 4 rings (SSSR count). The summed E-state index contributed by atoms with van der Waals surface area (Å²) in [6.45, 7) is 2.13. The van der Waals surface area contributed by atoms with E-state index >= 15 is 0 Å². The summed E-state index contributed by atoms with van der Waals surface area (Å²) in [5.41, 5.74) is 2.93. The molecule has 0 saturated heterocycles. The zero-order valence-electron chi connectivity index (χ0n) is 14.2. The first kappa shape index (κ1) is 17.1. The molecule has 0 radical (unpaired) electrons. The van der Waals surface area contributed by atoms with E-state index in [1.165, 1.54) is 0 Å². The normalized spacial score (nSPS) is 13.7. The third-order valence-corrected chi connectivity index (χ3v) is 5.95. The number of thioether (sulfide) groups is 1. The van der Waals surface area contributed by atoms with E-state index in [1.54, 1.807) is 18.7 Å². The lowest BCUT2D eigenvalue weighted by Crippen LogP contribution is -1.99. The van der Waals surface area contributed by atoms with E-state index in [1.807, 2.05) is 60.8 Å². The van der Waals surface area contributed by atoms with Crippen LogP contribution >= 0.6 is 20.0 Å². The molecule has 130 valence electrons. The van der Waals surface area contributed by atoms with E-state index in [0.717, 1.165) is 26.7 Å². The molecule has 0 aliphatic carbocycles. The molecule has 0 spiro atoms. The molecule has 1 aliphatic rings. The fraction of sp³-hybridized carbons (Fsp3) is 0.100. The van der Waals surface area contributed by atoms with Crippen LogP contribution in [0.5, 0.6) is 0 Å². The Kier molecular flexibility index (Phi) is 4.93. The van der Waals surface area contributed by atoms with Gasteiger partial charge in [0.1, 0.15) is 6.61 Å². The van der Waals surface area contributed by atoms with Crippen LogP contribution in [0.4, 0.5) is 0 Å². The highest BCUT2D eigenvalue weighted by atomic mass is 32.2. The van der Waals surface area contributed by atoms with Crippen molar-refractivity contribution in [2.45, 2.75) is 11.8 Å². The van der Waals surface area contributed by atoms with Crippen molar-refractivity contribution in [3.05, 3.63) is 84.2 Å². The second-order valence-corrected chi connectivity index (χ2v) is 7.53. The molecule has 3 aromatic rings. The first-order valence-corrected chi connectivity index (χ1v) is 10.2. The molecule has 6 heteroatoms. The first-order chi connectivity index (χ1) is 12.8. The fourth-order valence-corrected chi connectivity index (χ4v) is 4.65. The van der Waals surface area contributed by atoms with Crippen LogP contribution in [0.2, 0.25) is 0 Å². The van der Waals surface area contributed by atoms with Crippen molar-refractivity contribution in [3.8, 4) is 5.69 Å². The van der Waals surface area contributed by atoms with E-state index in [4.69, 9.17) is 9.05 Å². The summed E-state index contributed by atoms with van der Waals surface area (Å²) in [7, 11) is -2.25. The summed E-state index contributed by atoms with van der Waals surface area (Å²) in [4.78, 5) is 2.02. The van der Waals surface area contributed by atoms with Gasteiger partial charge in [-0.05, 0) is 36.8 Å². The van der Waals surface area contributed by atoms with Gasteiger partial charge in [0.25, 0.3) is 0 Å². The van der Waals surface area contributed by atoms with Crippen LogP contribution in [0.1, 0.15) is 18.2 Å². The monoisotopic (exact) mass is 382 g/mol. The highest BCUT2D eigenvalue weighted by molar-refractivity contribution is 8.08. The molecule has 0 bridgehead atoms. The van der Waals surface area contributed by atoms with Gasteiger partial charge < -0.3 is 4.57 Å². The predicted octanol–water partition coefficient (Wildman–Crippen LogP) is 6.12. The SMILES string of the molecule is CCO[P+](=O)OC1=C(c2ccccc2)Sc2ccccc2-n2cccc21. The Hall–Kier alpha value is -2.33. The highest BCUT2D eigenvalue weighted by Crippen LogP contribution is 2.48. The Morgan fingerprint density at radius 3 is 2.58 bits per heavy atom. The van der Waals surface area contributed by atoms with Gasteiger partial charge in [0.2, 0.25) is 5.76 Å². The molecule has 1 unspecified atom stereocenters. The number of nitrogens with zero attached hydrogens (tertiary/aromatic N) is 1. The topological polar surface area (TPSA) is 40.5 Å². The fourth-order valence-electron chi connectivity index (χ4n) is 2.87. The van der Waals surface area contributed by atoms with Crippen molar-refractivity contribution in [3.63, 3.8) is 0 Å². The van der Waals surface area contributed by atoms with E-state index < -0.39 is 8.25 Å². The minimum absolute atomic E-state index is 0.331. The number of hydrogen-bond acceptors (Lipinski definition) is 4. The predicted molar refractivity (Wildman–Crippen MR) is 105 cm³/mol. The number of para-hydroxylation sites is 1. The number of rotatable bonds is 5. The van der Waals surface area contributed by atoms with Gasteiger partial charge in [-0.3, -0.25) is 0 Å². The number of aromatic nitrogens is 1. The highest BCUT2D eigenvalue weighted by Gasteiger charge is 2.32. The van der Waals surface area contributed by atoms with E-state index in [-0.39, 0.29) is 0 Å². The molecule has 2 aromatic carbocycles. The lowest BCUT2D eigenvalue weighted by Gasteiger charge is -2.08. The van der Waals surface area contributed by atoms with Crippen LogP contribution in [0.3, 0.4) is 0 Å². The molecule has 0 fully saturated rings. The minimum Gasteiger partial charge on any atom is -0.312 e. The van der Waals surface area contributed by atoms with Gasteiger partial charge >= 0.3 is 8.25 Å². The molecule has 1 atom stereocenters. The maximum atomic E-state index is 12.3. The lowest BCUT2D eigenvalue weighted by molar-refractivity contribution is 0.293. The van der Waals surface area contributed by atoms with Gasteiger partial charge in [-0.1, -0.05) is 54.2 Å². The third kappa shape index (κ3) is 3.21. The van der Waals surface area contributed by atoms with Crippen LogP contribution in [0.25, 0.3) is 16.4 Å². The van der Waals surface area contributed by atoms with Gasteiger partial charge in [-0.15, -0.1) is 4.52 Å². The second kappa shape index (κ2) is 7.50. The molecule has 0 saturated carbocycles. The Balaban J connectivity index is 1.94. The third-order valence-electron chi connectivity index (χ3n) is 3.96. The molecular weight excluding hydrogens is 365 g/mol. The molecule has 0 N–H and O–H groups in total. The van der Waals surface area contributed by atoms with E-state index in [9.17, 15) is 4.57 Å². The average molecular weight is 382 g/mol. The zero-order chi connectivity index (χ0) is 17.9. The van der Waals surface area contributed by atoms with Crippen molar-refractivity contribution in [2.75, 3.05) is 6.61 Å². The Bertz CT molecular complexity index is 981. The van der Waals surface area contributed by atoms with Gasteiger partial charge in [0.05, 0.1) is 16.3 Å². The van der Waals surface area contributed by atoms with Crippen LogP contribution < -0.4 is 0 Å². The van der Waals surface area contributed by atoms with Crippen molar-refractivity contribution in [2.24, 2.45) is 0 Å². The van der Waals surface area contributed by atoms with Gasteiger partial charge in [0, 0.05) is 15.7 Å². The summed E-state index contributed by atoms with van der Waals surface area (Å²) in [5.74, 6) is 0.567. The summed E-state index contributed by atoms with van der Waals surface area (Å²) in [5, 5.41) is 0.